The van der Waals surface area contributed by atoms with Gasteiger partial charge in [0.1, 0.15) is 12.1 Å². The predicted molar refractivity (Wildman–Crippen MR) is 246 cm³/mol. The minimum atomic E-state index is -0.950. The number of nitrogens with one attached hydrogen (secondary N) is 3. The van der Waals surface area contributed by atoms with Crippen molar-refractivity contribution in [2.75, 3.05) is 19.8 Å². The second-order valence-electron chi connectivity index (χ2n) is 17.5. The third-order valence-electron chi connectivity index (χ3n) is 11.6. The number of aliphatic hydroxyl groups is 3. The van der Waals surface area contributed by atoms with Crippen LogP contribution in [0, 0.1) is 0 Å². The Balaban J connectivity index is 4.77. The molecule has 0 fully saturated rings. The molecule has 4 atom stereocenters. The van der Waals surface area contributed by atoms with Crippen LogP contribution in [0.25, 0.3) is 0 Å². The maximum atomic E-state index is 13.2. The molecule has 0 rings (SSSR count). The van der Waals surface area contributed by atoms with Crippen LogP contribution in [0.15, 0.2) is 0 Å². The van der Waals surface area contributed by atoms with E-state index in [0.29, 0.717) is 32.1 Å². The monoisotopic (exact) mass is 854 g/mol. The zero-order valence-corrected chi connectivity index (χ0v) is 39.1. The number of hydrogen-bond donors (Lipinski definition) is 6. The van der Waals surface area contributed by atoms with E-state index >= 15 is 0 Å². The molecule has 0 aromatic carbocycles. The van der Waals surface area contributed by atoms with Crippen LogP contribution in [0.5, 0.6) is 0 Å². The lowest BCUT2D eigenvalue weighted by Crippen LogP contribution is -2.48. The van der Waals surface area contributed by atoms with Gasteiger partial charge in [-0.2, -0.15) is 0 Å². The van der Waals surface area contributed by atoms with Crippen molar-refractivity contribution < 1.29 is 39.2 Å². The summed E-state index contributed by atoms with van der Waals surface area (Å²) in [7, 11) is 0. The first kappa shape index (κ1) is 57.8. The van der Waals surface area contributed by atoms with Gasteiger partial charge in [-0.1, -0.05) is 181 Å². The maximum Gasteiger partial charge on any atom is 0.306 e. The van der Waals surface area contributed by atoms with E-state index in [0.717, 1.165) is 57.8 Å². The van der Waals surface area contributed by atoms with Crippen molar-refractivity contribution in [1.82, 2.24) is 16.0 Å². The number of amides is 3. The van der Waals surface area contributed by atoms with Crippen molar-refractivity contribution in [1.29, 1.82) is 0 Å². The van der Waals surface area contributed by atoms with Gasteiger partial charge in [0.2, 0.25) is 17.7 Å². The molecule has 354 valence electrons. The normalized spacial score (nSPS) is 13.4. The number of unbranched alkanes of at least 4 members (excludes halogenated alkanes) is 24. The first-order valence-corrected chi connectivity index (χ1v) is 25.2. The summed E-state index contributed by atoms with van der Waals surface area (Å²) in [6, 6.07) is -1.46. The van der Waals surface area contributed by atoms with Gasteiger partial charge in [0.05, 0.1) is 31.6 Å². The van der Waals surface area contributed by atoms with Gasteiger partial charge in [0, 0.05) is 19.6 Å². The summed E-state index contributed by atoms with van der Waals surface area (Å²) in [5.41, 5.74) is 0. The number of hydrogen-bond acceptors (Lipinski definition) is 8. The number of carbonyl (C=O) groups is 4. The van der Waals surface area contributed by atoms with Gasteiger partial charge in [0.25, 0.3) is 0 Å². The average molecular weight is 854 g/mol. The smallest absolute Gasteiger partial charge is 0.306 e. The molecule has 0 aromatic rings. The lowest BCUT2D eigenvalue weighted by atomic mass is 10.0. The maximum absolute atomic E-state index is 13.2. The van der Waals surface area contributed by atoms with Gasteiger partial charge < -0.3 is 36.0 Å². The standard InChI is InChI=1S/C49H95N3O8/c1-4-7-10-13-16-19-22-25-28-33-43(55)39-46(56)51-42(41-54)32-31-37-50-49(59)45(36-38-53)52-47(57)40-44(34-29-26-23-20-17-14-11-8-5-2)60-48(58)35-30-27-24-21-18-15-12-9-6-3/h42-45,53-55H,4-41H2,1-3H3,(H,50,59)(H,51,56)(H,52,57). The fourth-order valence-corrected chi connectivity index (χ4v) is 7.75. The molecular weight excluding hydrogens is 759 g/mol. The molecule has 0 saturated heterocycles. The molecule has 3 amide bonds. The lowest BCUT2D eigenvalue weighted by Gasteiger charge is -2.21. The third-order valence-corrected chi connectivity index (χ3v) is 11.6. The van der Waals surface area contributed by atoms with Gasteiger partial charge in [-0.05, 0) is 44.9 Å². The first-order valence-electron chi connectivity index (χ1n) is 25.2. The second-order valence-corrected chi connectivity index (χ2v) is 17.5. The summed E-state index contributed by atoms with van der Waals surface area (Å²) in [6.45, 7) is 6.35. The number of ether oxygens (including phenoxy) is 1. The summed E-state index contributed by atoms with van der Waals surface area (Å²) >= 11 is 0. The number of aliphatic hydroxyl groups excluding tert-OH is 3. The molecule has 11 heteroatoms. The van der Waals surface area contributed by atoms with Crippen LogP contribution < -0.4 is 16.0 Å². The molecule has 0 saturated carbocycles. The van der Waals surface area contributed by atoms with E-state index in [-0.39, 0.29) is 50.9 Å². The molecule has 0 aliphatic rings. The largest absolute Gasteiger partial charge is 0.462 e. The molecule has 0 aromatic heterocycles. The average Bonchev–Trinajstić information content (AvgIpc) is 3.22. The zero-order chi connectivity index (χ0) is 44.3. The Morgan fingerprint density at radius 3 is 1.43 bits per heavy atom. The molecule has 6 N–H and O–H groups in total. The van der Waals surface area contributed by atoms with Crippen LogP contribution in [-0.2, 0) is 23.9 Å². The van der Waals surface area contributed by atoms with Crippen LogP contribution in [0.2, 0.25) is 0 Å². The molecule has 4 unspecified atom stereocenters. The fourth-order valence-electron chi connectivity index (χ4n) is 7.75. The Bertz CT molecular complexity index is 1020. The van der Waals surface area contributed by atoms with Crippen molar-refractivity contribution >= 4 is 23.7 Å². The van der Waals surface area contributed by atoms with E-state index in [1.54, 1.807) is 0 Å². The van der Waals surface area contributed by atoms with Crippen LogP contribution in [0.4, 0.5) is 0 Å². The molecule has 11 nitrogen and oxygen atoms in total. The Morgan fingerprint density at radius 2 is 0.950 bits per heavy atom. The van der Waals surface area contributed by atoms with Crippen molar-refractivity contribution in [3.05, 3.63) is 0 Å². The number of rotatable bonds is 45. The van der Waals surface area contributed by atoms with Crippen molar-refractivity contribution in [3.63, 3.8) is 0 Å². The highest BCUT2D eigenvalue weighted by molar-refractivity contribution is 5.87. The highest BCUT2D eigenvalue weighted by Crippen LogP contribution is 2.17. The SMILES string of the molecule is CCCCCCCCCCCC(=O)OC(CCCCCCCCCCC)CC(=O)NC(CCO)C(=O)NCCCC(CO)NC(=O)CC(O)CCCCCCCCCCC. The Labute approximate surface area is 367 Å². The third kappa shape index (κ3) is 37.5. The van der Waals surface area contributed by atoms with Gasteiger partial charge in [-0.3, -0.25) is 19.2 Å². The summed E-state index contributed by atoms with van der Waals surface area (Å²) in [6.07, 6.45) is 32.7. The van der Waals surface area contributed by atoms with E-state index in [2.05, 4.69) is 36.7 Å². The molecule has 0 bridgehead atoms. The molecule has 0 spiro atoms. The van der Waals surface area contributed by atoms with E-state index in [4.69, 9.17) is 4.74 Å². The van der Waals surface area contributed by atoms with Crippen LogP contribution in [0.3, 0.4) is 0 Å². The van der Waals surface area contributed by atoms with Crippen LogP contribution >= 0.6 is 0 Å². The summed E-state index contributed by atoms with van der Waals surface area (Å²) < 4.78 is 5.86. The summed E-state index contributed by atoms with van der Waals surface area (Å²) in [5.74, 6) is -1.42. The molecule has 0 aliphatic carbocycles. The number of esters is 1. The fraction of sp³-hybridized carbons (Fsp3) is 0.918. The minimum Gasteiger partial charge on any atom is -0.462 e. The molecule has 60 heavy (non-hydrogen) atoms. The quantitative estimate of drug-likeness (QED) is 0.0259. The summed E-state index contributed by atoms with van der Waals surface area (Å²) in [4.78, 5) is 51.7. The molecule has 0 heterocycles. The summed E-state index contributed by atoms with van der Waals surface area (Å²) in [5, 5.41) is 38.3. The van der Waals surface area contributed by atoms with Gasteiger partial charge in [-0.15, -0.1) is 0 Å². The molecular formula is C49H95N3O8. The van der Waals surface area contributed by atoms with E-state index in [9.17, 15) is 34.5 Å². The van der Waals surface area contributed by atoms with Crippen LogP contribution in [0.1, 0.15) is 245 Å². The van der Waals surface area contributed by atoms with Gasteiger partial charge in [-0.25, -0.2) is 0 Å². The lowest BCUT2D eigenvalue weighted by molar-refractivity contribution is -0.151. The van der Waals surface area contributed by atoms with Crippen molar-refractivity contribution in [2.24, 2.45) is 0 Å². The predicted octanol–water partition coefficient (Wildman–Crippen LogP) is 10.0. The number of carbonyl (C=O) groups excluding carboxylic acids is 4. The Kier molecular flexibility index (Phi) is 41.8. The zero-order valence-electron chi connectivity index (χ0n) is 39.1. The van der Waals surface area contributed by atoms with E-state index in [1.807, 2.05) is 0 Å². The highest BCUT2D eigenvalue weighted by Gasteiger charge is 2.24. The Morgan fingerprint density at radius 1 is 0.500 bits per heavy atom. The van der Waals surface area contributed by atoms with Crippen LogP contribution in [-0.4, -0.2) is 83.1 Å². The van der Waals surface area contributed by atoms with E-state index < -0.39 is 36.1 Å². The highest BCUT2D eigenvalue weighted by atomic mass is 16.5. The van der Waals surface area contributed by atoms with Crippen molar-refractivity contribution in [2.45, 2.75) is 270 Å². The molecule has 0 aliphatic heterocycles. The minimum absolute atomic E-state index is 0.00858. The van der Waals surface area contributed by atoms with Crippen molar-refractivity contribution in [3.8, 4) is 0 Å². The second kappa shape index (κ2) is 43.4. The Hall–Kier alpha value is -2.24. The topological polar surface area (TPSA) is 174 Å². The molecule has 0 radical (unpaired) electrons. The van der Waals surface area contributed by atoms with E-state index in [1.165, 1.54) is 116 Å². The van der Waals surface area contributed by atoms with Gasteiger partial charge >= 0.3 is 5.97 Å². The van der Waals surface area contributed by atoms with Gasteiger partial charge in [0.15, 0.2) is 0 Å². The first-order chi connectivity index (χ1) is 29.2.